The van der Waals surface area contributed by atoms with E-state index in [1.807, 2.05) is 35.2 Å². The number of hydrogen-bond acceptors (Lipinski definition) is 3. The summed E-state index contributed by atoms with van der Waals surface area (Å²) in [6.45, 7) is 5.96. The molecule has 1 aliphatic rings. The van der Waals surface area contributed by atoms with Crippen LogP contribution < -0.4 is 15.4 Å². The van der Waals surface area contributed by atoms with Crippen LogP contribution in [0.3, 0.4) is 0 Å². The van der Waals surface area contributed by atoms with Crippen LogP contribution in [0.15, 0.2) is 59.6 Å². The van der Waals surface area contributed by atoms with Gasteiger partial charge in [-0.3, -0.25) is 9.79 Å². The molecule has 1 amide bonds. The van der Waals surface area contributed by atoms with E-state index in [1.165, 1.54) is 11.1 Å². The third-order valence-electron chi connectivity index (χ3n) is 5.67. The van der Waals surface area contributed by atoms with Gasteiger partial charge in [-0.25, -0.2) is 0 Å². The second kappa shape index (κ2) is 14.8. The first-order valence-corrected chi connectivity index (χ1v) is 11.7. The van der Waals surface area contributed by atoms with Gasteiger partial charge in [0.25, 0.3) is 0 Å². The highest BCUT2D eigenvalue weighted by molar-refractivity contribution is 14.0. The highest BCUT2D eigenvalue weighted by atomic mass is 127. The van der Waals surface area contributed by atoms with Crippen molar-refractivity contribution in [3.8, 4) is 5.75 Å². The number of likely N-dealkylation sites (tertiary alicyclic amines) is 1. The van der Waals surface area contributed by atoms with Crippen molar-refractivity contribution >= 4 is 35.8 Å². The van der Waals surface area contributed by atoms with Gasteiger partial charge in [-0.05, 0) is 42.5 Å². The van der Waals surface area contributed by atoms with Crippen LogP contribution >= 0.6 is 24.0 Å². The van der Waals surface area contributed by atoms with Gasteiger partial charge in [-0.15, -0.1) is 24.0 Å². The monoisotopic (exact) mass is 564 g/mol. The average molecular weight is 565 g/mol. The predicted octanol–water partition coefficient (Wildman–Crippen LogP) is 3.89. The van der Waals surface area contributed by atoms with E-state index in [0.717, 1.165) is 63.8 Å². The van der Waals surface area contributed by atoms with E-state index in [9.17, 15) is 4.79 Å². The molecule has 1 saturated heterocycles. The highest BCUT2D eigenvalue weighted by Crippen LogP contribution is 2.18. The summed E-state index contributed by atoms with van der Waals surface area (Å²) in [5.41, 5.74) is 2.51. The number of halogens is 1. The maximum atomic E-state index is 12.4. The third-order valence-corrected chi connectivity index (χ3v) is 5.67. The molecule has 0 aromatic heterocycles. The highest BCUT2D eigenvalue weighted by Gasteiger charge is 2.29. The number of carbonyl (C=O) groups is 1. The minimum atomic E-state index is 0. The Labute approximate surface area is 215 Å². The van der Waals surface area contributed by atoms with Gasteiger partial charge >= 0.3 is 0 Å². The van der Waals surface area contributed by atoms with Gasteiger partial charge in [-0.2, -0.15) is 0 Å². The van der Waals surface area contributed by atoms with Crippen LogP contribution in [0.25, 0.3) is 0 Å². The van der Waals surface area contributed by atoms with Gasteiger partial charge in [0.05, 0.1) is 6.61 Å². The second-order valence-electron chi connectivity index (χ2n) is 8.27. The predicted molar refractivity (Wildman–Crippen MR) is 146 cm³/mol. The molecule has 33 heavy (non-hydrogen) atoms. The molecule has 1 heterocycles. The standard InChI is InChI=1S/C26H36N4O2.HI/c1-3-16-32-24-11-7-10-22(17-24)12-14-28-26(27-2)29-19-23-18-25(31)30(20-23)15-13-21-8-5-4-6-9-21;/h4-11,17,23H,3,12-16,18-20H2,1-2H3,(H2,27,28,29);1H. The Bertz CT molecular complexity index is 876. The molecule has 2 aromatic carbocycles. The first-order valence-electron chi connectivity index (χ1n) is 11.7. The molecular formula is C26H37IN4O2. The Balaban J connectivity index is 0.00000385. The summed E-state index contributed by atoms with van der Waals surface area (Å²) in [4.78, 5) is 18.7. The van der Waals surface area contributed by atoms with E-state index in [-0.39, 0.29) is 29.9 Å². The normalized spacial score (nSPS) is 15.8. The van der Waals surface area contributed by atoms with Gasteiger partial charge in [0.2, 0.25) is 5.91 Å². The van der Waals surface area contributed by atoms with Gasteiger partial charge in [0, 0.05) is 45.6 Å². The number of benzene rings is 2. The van der Waals surface area contributed by atoms with Crippen LogP contribution in [-0.4, -0.2) is 56.6 Å². The fourth-order valence-corrected chi connectivity index (χ4v) is 3.91. The lowest BCUT2D eigenvalue weighted by molar-refractivity contribution is -0.127. The molecule has 1 atom stereocenters. The summed E-state index contributed by atoms with van der Waals surface area (Å²) in [7, 11) is 1.78. The molecule has 0 bridgehead atoms. The van der Waals surface area contributed by atoms with Crippen molar-refractivity contribution in [1.82, 2.24) is 15.5 Å². The molecule has 1 unspecified atom stereocenters. The zero-order valence-electron chi connectivity index (χ0n) is 19.8. The number of guanidine groups is 1. The summed E-state index contributed by atoms with van der Waals surface area (Å²) < 4.78 is 5.71. The minimum absolute atomic E-state index is 0. The molecule has 1 fully saturated rings. The van der Waals surface area contributed by atoms with E-state index in [2.05, 4.69) is 46.8 Å². The minimum Gasteiger partial charge on any atom is -0.494 e. The summed E-state index contributed by atoms with van der Waals surface area (Å²) in [6.07, 6.45) is 3.40. The van der Waals surface area contributed by atoms with Gasteiger partial charge in [0.1, 0.15) is 5.75 Å². The first-order chi connectivity index (χ1) is 15.7. The Hall–Kier alpha value is -2.29. The second-order valence-corrected chi connectivity index (χ2v) is 8.27. The number of carbonyl (C=O) groups excluding carboxylic acids is 1. The lowest BCUT2D eigenvalue weighted by Crippen LogP contribution is -2.41. The Morgan fingerprint density at radius 1 is 1.09 bits per heavy atom. The van der Waals surface area contributed by atoms with Crippen molar-refractivity contribution in [2.75, 3.05) is 39.8 Å². The topological polar surface area (TPSA) is 66.0 Å². The van der Waals surface area contributed by atoms with E-state index in [4.69, 9.17) is 4.74 Å². The molecule has 0 aliphatic carbocycles. The van der Waals surface area contributed by atoms with Crippen molar-refractivity contribution < 1.29 is 9.53 Å². The maximum Gasteiger partial charge on any atom is 0.223 e. The summed E-state index contributed by atoms with van der Waals surface area (Å²) in [5, 5.41) is 6.76. The largest absolute Gasteiger partial charge is 0.494 e. The van der Waals surface area contributed by atoms with Crippen molar-refractivity contribution in [1.29, 1.82) is 0 Å². The molecule has 6 nitrogen and oxygen atoms in total. The van der Waals surface area contributed by atoms with Crippen molar-refractivity contribution in [3.05, 3.63) is 65.7 Å². The van der Waals surface area contributed by atoms with Crippen LogP contribution in [0.2, 0.25) is 0 Å². The molecule has 0 saturated carbocycles. The number of hydrogen-bond donors (Lipinski definition) is 2. The van der Waals surface area contributed by atoms with Crippen molar-refractivity contribution in [2.45, 2.75) is 32.6 Å². The molecule has 2 aromatic rings. The number of ether oxygens (including phenoxy) is 1. The number of nitrogens with zero attached hydrogens (tertiary/aromatic N) is 2. The molecule has 180 valence electrons. The average Bonchev–Trinajstić information content (AvgIpc) is 3.18. The summed E-state index contributed by atoms with van der Waals surface area (Å²) in [6, 6.07) is 18.6. The fourth-order valence-electron chi connectivity index (χ4n) is 3.91. The Morgan fingerprint density at radius 3 is 2.64 bits per heavy atom. The summed E-state index contributed by atoms with van der Waals surface area (Å²) in [5.74, 6) is 2.26. The Kier molecular flexibility index (Phi) is 12.1. The number of rotatable bonds is 11. The van der Waals surface area contributed by atoms with E-state index in [1.54, 1.807) is 7.05 Å². The summed E-state index contributed by atoms with van der Waals surface area (Å²) >= 11 is 0. The number of nitrogens with one attached hydrogen (secondary N) is 2. The molecule has 0 radical (unpaired) electrons. The SMILES string of the molecule is CCCOc1cccc(CCNC(=NC)NCC2CC(=O)N(CCc3ccccc3)C2)c1.I. The zero-order valence-corrected chi connectivity index (χ0v) is 22.1. The van der Waals surface area contributed by atoms with Gasteiger partial charge < -0.3 is 20.3 Å². The van der Waals surface area contributed by atoms with Crippen LogP contribution in [0, 0.1) is 5.92 Å². The molecular weight excluding hydrogens is 527 g/mol. The molecule has 2 N–H and O–H groups in total. The van der Waals surface area contributed by atoms with Crippen LogP contribution in [0.5, 0.6) is 5.75 Å². The maximum absolute atomic E-state index is 12.4. The van der Waals surface area contributed by atoms with Crippen LogP contribution in [-0.2, 0) is 17.6 Å². The van der Waals surface area contributed by atoms with Gasteiger partial charge in [-0.1, -0.05) is 49.4 Å². The quantitative estimate of drug-likeness (QED) is 0.247. The number of amides is 1. The van der Waals surface area contributed by atoms with Crippen LogP contribution in [0.1, 0.15) is 30.9 Å². The van der Waals surface area contributed by atoms with E-state index < -0.39 is 0 Å². The zero-order chi connectivity index (χ0) is 22.6. The van der Waals surface area contributed by atoms with Gasteiger partial charge in [0.15, 0.2) is 5.96 Å². The number of aliphatic imine (C=N–C) groups is 1. The molecule has 0 spiro atoms. The fraction of sp³-hybridized carbons (Fsp3) is 0.462. The van der Waals surface area contributed by atoms with E-state index >= 15 is 0 Å². The molecule has 3 rings (SSSR count). The smallest absolute Gasteiger partial charge is 0.223 e. The molecule has 1 aliphatic heterocycles. The first kappa shape index (κ1) is 27.0. The van der Waals surface area contributed by atoms with Crippen molar-refractivity contribution in [2.24, 2.45) is 10.9 Å². The van der Waals surface area contributed by atoms with Crippen molar-refractivity contribution in [3.63, 3.8) is 0 Å². The van der Waals surface area contributed by atoms with Crippen LogP contribution in [0.4, 0.5) is 0 Å². The van der Waals surface area contributed by atoms with E-state index in [0.29, 0.717) is 12.3 Å². The lowest BCUT2D eigenvalue weighted by atomic mass is 10.1. The molecule has 7 heteroatoms. The lowest BCUT2D eigenvalue weighted by Gasteiger charge is -2.18. The third kappa shape index (κ3) is 9.23. The Morgan fingerprint density at radius 2 is 1.88 bits per heavy atom.